The number of benzene rings is 1. The molecule has 0 saturated carbocycles. The van der Waals surface area contributed by atoms with Crippen LogP contribution < -0.4 is 11.1 Å². The Kier molecular flexibility index (Phi) is 4.78. The molecule has 2 heterocycles. The molecule has 0 saturated heterocycles. The van der Waals surface area contributed by atoms with Crippen LogP contribution in [0.15, 0.2) is 35.5 Å². The van der Waals surface area contributed by atoms with E-state index in [1.165, 1.54) is 0 Å². The van der Waals surface area contributed by atoms with E-state index in [0.29, 0.717) is 33.5 Å². The second kappa shape index (κ2) is 6.85. The molecule has 1 aliphatic rings. The van der Waals surface area contributed by atoms with Gasteiger partial charge in [0.2, 0.25) is 0 Å². The maximum absolute atomic E-state index is 12.6. The molecular formula is C17H17ClN4O2S. The topological polar surface area (TPSA) is 93.0 Å². The molecule has 25 heavy (non-hydrogen) atoms. The van der Waals surface area contributed by atoms with Crippen molar-refractivity contribution in [2.75, 3.05) is 17.7 Å². The van der Waals surface area contributed by atoms with Gasteiger partial charge in [0.25, 0.3) is 0 Å². The molecule has 0 fully saturated rings. The second-order valence-electron chi connectivity index (χ2n) is 5.56. The molecule has 3 rings (SSSR count). The van der Waals surface area contributed by atoms with Gasteiger partial charge in [0, 0.05) is 16.3 Å². The Hall–Kier alpha value is -2.38. The number of nitrogen functional groups attached to an aromatic ring is 1. The van der Waals surface area contributed by atoms with E-state index in [9.17, 15) is 4.79 Å². The molecule has 4 N–H and O–H groups in total. The number of fused-ring (bicyclic) bond motifs is 1. The number of nitrogens with two attached hydrogens (primary N) is 1. The number of aromatic nitrogens is 2. The SMILES string of the molecule is CCOC(=O)C1=C(C)Nc2nc(=S)[nH]c(N)c2C1c1ccccc1Cl. The van der Waals surface area contributed by atoms with Gasteiger partial charge < -0.3 is 20.8 Å². The summed E-state index contributed by atoms with van der Waals surface area (Å²) < 4.78 is 5.51. The van der Waals surface area contributed by atoms with Crippen LogP contribution in [0.3, 0.4) is 0 Å². The number of ether oxygens (including phenoxy) is 1. The van der Waals surface area contributed by atoms with Crippen LogP contribution in [0.25, 0.3) is 0 Å². The van der Waals surface area contributed by atoms with E-state index < -0.39 is 11.9 Å². The molecule has 0 aliphatic carbocycles. The molecule has 1 aromatic heterocycles. The number of hydrogen-bond donors (Lipinski definition) is 3. The molecule has 1 atom stereocenters. The number of nitrogens with zero attached hydrogens (tertiary/aromatic N) is 1. The Bertz CT molecular complexity index is 938. The zero-order valence-electron chi connectivity index (χ0n) is 13.7. The monoisotopic (exact) mass is 376 g/mol. The van der Waals surface area contributed by atoms with Gasteiger partial charge in [-0.2, -0.15) is 0 Å². The van der Waals surface area contributed by atoms with Crippen LogP contribution in [0.4, 0.5) is 11.6 Å². The lowest BCUT2D eigenvalue weighted by Gasteiger charge is -2.30. The van der Waals surface area contributed by atoms with E-state index in [4.69, 9.17) is 34.3 Å². The van der Waals surface area contributed by atoms with Gasteiger partial charge in [-0.1, -0.05) is 29.8 Å². The first kappa shape index (κ1) is 17.4. The third kappa shape index (κ3) is 3.12. The number of rotatable bonds is 3. The Morgan fingerprint density at radius 3 is 2.84 bits per heavy atom. The number of anilines is 2. The standard InChI is InChI=1S/C17H17ClN4O2S/c1-3-24-16(23)11-8(2)20-15-13(14(19)21-17(25)22-15)12(11)9-6-4-5-7-10(9)18/h4-7,12H,3H2,1-2H3,(H4,19,20,21,22,25). The predicted molar refractivity (Wildman–Crippen MR) is 100 cm³/mol. The normalized spacial score (nSPS) is 16.2. The second-order valence-corrected chi connectivity index (χ2v) is 6.35. The quantitative estimate of drug-likeness (QED) is 0.557. The zero-order chi connectivity index (χ0) is 18.1. The Labute approximate surface area is 155 Å². The fraction of sp³-hybridized carbons (Fsp3) is 0.235. The van der Waals surface area contributed by atoms with Crippen molar-refractivity contribution in [3.05, 3.63) is 56.5 Å². The summed E-state index contributed by atoms with van der Waals surface area (Å²) >= 11 is 11.5. The van der Waals surface area contributed by atoms with E-state index in [-0.39, 0.29) is 11.4 Å². The van der Waals surface area contributed by atoms with Gasteiger partial charge in [0.1, 0.15) is 11.6 Å². The molecule has 2 aromatic rings. The van der Waals surface area contributed by atoms with Crippen LogP contribution >= 0.6 is 23.8 Å². The molecule has 0 radical (unpaired) electrons. The molecule has 1 unspecified atom stereocenters. The minimum absolute atomic E-state index is 0.258. The Morgan fingerprint density at radius 1 is 1.44 bits per heavy atom. The van der Waals surface area contributed by atoms with Crippen LogP contribution in [-0.2, 0) is 9.53 Å². The van der Waals surface area contributed by atoms with Crippen molar-refractivity contribution < 1.29 is 9.53 Å². The summed E-state index contributed by atoms with van der Waals surface area (Å²) in [6.07, 6.45) is 0. The third-order valence-electron chi connectivity index (χ3n) is 4.00. The van der Waals surface area contributed by atoms with Gasteiger partial charge in [-0.05, 0) is 37.7 Å². The molecule has 0 amide bonds. The number of carbonyl (C=O) groups excluding carboxylic acids is 1. The predicted octanol–water partition coefficient (Wildman–Crippen LogP) is 3.77. The first-order valence-corrected chi connectivity index (χ1v) is 8.51. The van der Waals surface area contributed by atoms with E-state index in [1.54, 1.807) is 19.9 Å². The maximum atomic E-state index is 12.6. The van der Waals surface area contributed by atoms with Crippen molar-refractivity contribution in [3.63, 3.8) is 0 Å². The largest absolute Gasteiger partial charge is 0.463 e. The summed E-state index contributed by atoms with van der Waals surface area (Å²) in [7, 11) is 0. The van der Waals surface area contributed by atoms with Crippen molar-refractivity contribution >= 4 is 41.4 Å². The van der Waals surface area contributed by atoms with Crippen LogP contribution in [-0.4, -0.2) is 22.5 Å². The molecule has 0 bridgehead atoms. The van der Waals surface area contributed by atoms with Crippen LogP contribution in [0.2, 0.25) is 5.02 Å². The molecule has 8 heteroatoms. The molecule has 1 aromatic carbocycles. The van der Waals surface area contributed by atoms with Gasteiger partial charge >= 0.3 is 5.97 Å². The highest BCUT2D eigenvalue weighted by Gasteiger charge is 2.36. The summed E-state index contributed by atoms with van der Waals surface area (Å²) in [5.41, 5.74) is 8.62. The average molecular weight is 377 g/mol. The summed E-state index contributed by atoms with van der Waals surface area (Å²) in [4.78, 5) is 19.8. The number of hydrogen-bond acceptors (Lipinski definition) is 6. The van der Waals surface area contributed by atoms with E-state index in [0.717, 1.165) is 5.56 Å². The minimum Gasteiger partial charge on any atom is -0.463 e. The summed E-state index contributed by atoms with van der Waals surface area (Å²) in [5.74, 6) is -0.0910. The molecular weight excluding hydrogens is 360 g/mol. The number of nitrogens with one attached hydrogen (secondary N) is 2. The number of H-pyrrole nitrogens is 1. The highest BCUT2D eigenvalue weighted by atomic mass is 35.5. The zero-order valence-corrected chi connectivity index (χ0v) is 15.3. The fourth-order valence-electron chi connectivity index (χ4n) is 2.99. The van der Waals surface area contributed by atoms with Gasteiger partial charge in [-0.3, -0.25) is 0 Å². The highest BCUT2D eigenvalue weighted by Crippen LogP contribution is 2.45. The highest BCUT2D eigenvalue weighted by molar-refractivity contribution is 7.71. The Morgan fingerprint density at radius 2 is 2.16 bits per heavy atom. The lowest BCUT2D eigenvalue weighted by atomic mass is 9.82. The molecule has 1 aliphatic heterocycles. The minimum atomic E-state index is -0.511. The fourth-order valence-corrected chi connectivity index (χ4v) is 3.44. The molecule has 6 nitrogen and oxygen atoms in total. The van der Waals surface area contributed by atoms with Crippen molar-refractivity contribution in [1.29, 1.82) is 0 Å². The first-order valence-electron chi connectivity index (χ1n) is 7.73. The number of aromatic amines is 1. The summed E-state index contributed by atoms with van der Waals surface area (Å²) in [6, 6.07) is 7.31. The number of halogens is 1. The van der Waals surface area contributed by atoms with Crippen LogP contribution in [0.5, 0.6) is 0 Å². The van der Waals surface area contributed by atoms with Crippen molar-refractivity contribution in [2.45, 2.75) is 19.8 Å². The first-order chi connectivity index (χ1) is 11.9. The lowest BCUT2D eigenvalue weighted by molar-refractivity contribution is -0.138. The van der Waals surface area contributed by atoms with Gasteiger partial charge in [-0.25, -0.2) is 9.78 Å². The Balaban J connectivity index is 2.30. The van der Waals surface area contributed by atoms with Crippen LogP contribution in [0.1, 0.15) is 30.9 Å². The summed E-state index contributed by atoms with van der Waals surface area (Å²) in [5, 5.41) is 3.63. The lowest BCUT2D eigenvalue weighted by Crippen LogP contribution is -2.26. The molecule has 0 spiro atoms. The number of esters is 1. The van der Waals surface area contributed by atoms with Crippen LogP contribution in [0, 0.1) is 4.77 Å². The average Bonchev–Trinajstić information content (AvgIpc) is 2.53. The van der Waals surface area contributed by atoms with Crippen molar-refractivity contribution in [3.8, 4) is 0 Å². The number of allylic oxidation sites excluding steroid dienone is 1. The smallest absolute Gasteiger partial charge is 0.336 e. The maximum Gasteiger partial charge on any atom is 0.336 e. The van der Waals surface area contributed by atoms with E-state index in [2.05, 4.69) is 15.3 Å². The van der Waals surface area contributed by atoms with Gasteiger partial charge in [0.05, 0.1) is 18.1 Å². The van der Waals surface area contributed by atoms with Crippen molar-refractivity contribution in [1.82, 2.24) is 9.97 Å². The number of carbonyl (C=O) groups is 1. The summed E-state index contributed by atoms with van der Waals surface area (Å²) in [6.45, 7) is 3.81. The third-order valence-corrected chi connectivity index (χ3v) is 4.54. The van der Waals surface area contributed by atoms with Gasteiger partial charge in [0.15, 0.2) is 4.77 Å². The van der Waals surface area contributed by atoms with Gasteiger partial charge in [-0.15, -0.1) is 0 Å². The van der Waals surface area contributed by atoms with Crippen molar-refractivity contribution in [2.24, 2.45) is 0 Å². The molecule has 130 valence electrons. The van der Waals surface area contributed by atoms with E-state index >= 15 is 0 Å². The van der Waals surface area contributed by atoms with E-state index in [1.807, 2.05) is 18.2 Å².